The highest BCUT2D eigenvalue weighted by molar-refractivity contribution is 7.88. The van der Waals surface area contributed by atoms with Crippen molar-refractivity contribution in [1.82, 2.24) is 4.31 Å². The third-order valence-electron chi connectivity index (χ3n) is 2.57. The van der Waals surface area contributed by atoms with Crippen LogP contribution in [0, 0.1) is 0 Å². The lowest BCUT2D eigenvalue weighted by Gasteiger charge is -2.22. The molecule has 0 radical (unpaired) electrons. The van der Waals surface area contributed by atoms with Crippen LogP contribution in [-0.2, 0) is 15.8 Å². The van der Waals surface area contributed by atoms with Crippen LogP contribution in [0.25, 0.3) is 0 Å². The Labute approximate surface area is 90.0 Å². The number of likely N-dealkylation sites (N-methyl/N-ethyl adjacent to an activating group) is 1. The molecule has 1 aromatic rings. The Morgan fingerprint density at radius 3 is 2.87 bits per heavy atom. The smallest absolute Gasteiger partial charge is 0.218 e. The van der Waals surface area contributed by atoms with Gasteiger partial charge in [0, 0.05) is 25.8 Å². The van der Waals surface area contributed by atoms with E-state index < -0.39 is 10.0 Å². The molecule has 1 aromatic carbocycles. The van der Waals surface area contributed by atoms with Crippen LogP contribution < -0.4 is 5.32 Å². The fraction of sp³-hybridized carbons (Fsp3) is 0.400. The minimum Gasteiger partial charge on any atom is -0.383 e. The van der Waals surface area contributed by atoms with Gasteiger partial charge in [-0.2, -0.15) is 0 Å². The minimum absolute atomic E-state index is 0.0761. The topological polar surface area (TPSA) is 49.4 Å². The largest absolute Gasteiger partial charge is 0.383 e. The molecule has 1 N–H and O–H groups in total. The number of nitrogens with zero attached hydrogens (tertiary/aromatic N) is 1. The van der Waals surface area contributed by atoms with Gasteiger partial charge in [-0.25, -0.2) is 12.7 Å². The molecule has 1 heterocycles. The van der Waals surface area contributed by atoms with Gasteiger partial charge in [0.15, 0.2) is 0 Å². The molecule has 0 fully saturated rings. The number of hydrogen-bond acceptors (Lipinski definition) is 3. The molecule has 0 bridgehead atoms. The summed E-state index contributed by atoms with van der Waals surface area (Å²) >= 11 is 0. The van der Waals surface area contributed by atoms with E-state index in [1.165, 1.54) is 4.31 Å². The van der Waals surface area contributed by atoms with E-state index in [-0.39, 0.29) is 5.75 Å². The third kappa shape index (κ3) is 2.13. The highest BCUT2D eigenvalue weighted by Gasteiger charge is 2.21. The van der Waals surface area contributed by atoms with Crippen molar-refractivity contribution in [2.45, 2.75) is 5.75 Å². The highest BCUT2D eigenvalue weighted by Crippen LogP contribution is 2.20. The zero-order valence-electron chi connectivity index (χ0n) is 8.60. The lowest BCUT2D eigenvalue weighted by Crippen LogP contribution is -2.34. The van der Waals surface area contributed by atoms with E-state index >= 15 is 0 Å². The lowest BCUT2D eigenvalue weighted by atomic mass is 10.2. The van der Waals surface area contributed by atoms with Crippen molar-refractivity contribution in [1.29, 1.82) is 0 Å². The molecule has 0 saturated heterocycles. The van der Waals surface area contributed by atoms with Crippen molar-refractivity contribution in [3.05, 3.63) is 29.8 Å². The van der Waals surface area contributed by atoms with Gasteiger partial charge in [-0.05, 0) is 11.6 Å². The predicted octanol–water partition coefficient (Wildman–Crippen LogP) is 0.874. The van der Waals surface area contributed by atoms with E-state index in [9.17, 15) is 8.42 Å². The average Bonchev–Trinajstić information content (AvgIpc) is 2.18. The quantitative estimate of drug-likeness (QED) is 0.714. The van der Waals surface area contributed by atoms with Crippen LogP contribution >= 0.6 is 0 Å². The molecule has 82 valence electrons. The second-order valence-corrected chi connectivity index (χ2v) is 5.74. The molecule has 15 heavy (non-hydrogen) atoms. The summed E-state index contributed by atoms with van der Waals surface area (Å²) in [6.45, 7) is 1.16. The Bertz CT molecular complexity index is 456. The second kappa shape index (κ2) is 3.83. The van der Waals surface area contributed by atoms with Crippen molar-refractivity contribution < 1.29 is 8.42 Å². The number of rotatable bonds is 0. The molecule has 4 nitrogen and oxygen atoms in total. The lowest BCUT2D eigenvalue weighted by molar-refractivity contribution is 0.477. The fourth-order valence-corrected chi connectivity index (χ4v) is 2.85. The Kier molecular flexibility index (Phi) is 2.67. The van der Waals surface area contributed by atoms with Crippen LogP contribution in [0.3, 0.4) is 0 Å². The first kappa shape index (κ1) is 10.4. The summed E-state index contributed by atoms with van der Waals surface area (Å²) in [5.74, 6) is 0.0761. The van der Waals surface area contributed by atoms with E-state index in [4.69, 9.17) is 0 Å². The molecule has 0 aliphatic carbocycles. The zero-order valence-corrected chi connectivity index (χ0v) is 9.42. The van der Waals surface area contributed by atoms with E-state index in [1.807, 2.05) is 24.3 Å². The summed E-state index contributed by atoms with van der Waals surface area (Å²) in [4.78, 5) is 0. The number of anilines is 1. The minimum atomic E-state index is -3.14. The Morgan fingerprint density at radius 1 is 1.33 bits per heavy atom. The van der Waals surface area contributed by atoms with Crippen LogP contribution in [-0.4, -0.2) is 32.9 Å². The van der Waals surface area contributed by atoms with E-state index in [2.05, 4.69) is 5.32 Å². The van der Waals surface area contributed by atoms with Crippen molar-refractivity contribution in [2.75, 3.05) is 25.5 Å². The normalized spacial score (nSPS) is 20.9. The summed E-state index contributed by atoms with van der Waals surface area (Å²) in [5.41, 5.74) is 1.76. The van der Waals surface area contributed by atoms with Gasteiger partial charge in [0.1, 0.15) is 0 Å². The van der Waals surface area contributed by atoms with Gasteiger partial charge < -0.3 is 5.32 Å². The molecule has 0 spiro atoms. The van der Waals surface area contributed by atoms with Crippen molar-refractivity contribution in [2.24, 2.45) is 0 Å². The van der Waals surface area contributed by atoms with Crippen molar-refractivity contribution in [3.8, 4) is 0 Å². The van der Waals surface area contributed by atoms with Gasteiger partial charge in [-0.15, -0.1) is 0 Å². The van der Waals surface area contributed by atoms with Crippen LogP contribution in [0.5, 0.6) is 0 Å². The first-order chi connectivity index (χ1) is 7.09. The SMILES string of the molecule is CN1CCNc2ccccc2CS1(=O)=O. The van der Waals surface area contributed by atoms with Gasteiger partial charge in [0.2, 0.25) is 10.0 Å². The molecule has 0 saturated carbocycles. The van der Waals surface area contributed by atoms with Crippen LogP contribution in [0.1, 0.15) is 5.56 Å². The van der Waals surface area contributed by atoms with Gasteiger partial charge in [-0.1, -0.05) is 18.2 Å². The maximum atomic E-state index is 11.8. The molecule has 2 rings (SSSR count). The standard InChI is InChI=1S/C10H14N2O2S/c1-12-7-6-11-10-5-3-2-4-9(10)8-15(12,13)14/h2-5,11H,6-8H2,1H3. The second-order valence-electron chi connectivity index (χ2n) is 3.66. The number of hydrogen-bond donors (Lipinski definition) is 1. The third-order valence-corrected chi connectivity index (χ3v) is 4.38. The predicted molar refractivity (Wildman–Crippen MR) is 60.2 cm³/mol. The molecule has 0 unspecified atom stereocenters. The van der Waals surface area contributed by atoms with E-state index in [0.717, 1.165) is 11.3 Å². The van der Waals surface area contributed by atoms with Gasteiger partial charge >= 0.3 is 0 Å². The Morgan fingerprint density at radius 2 is 2.07 bits per heavy atom. The summed E-state index contributed by atoms with van der Waals surface area (Å²) in [5, 5.41) is 3.23. The Hall–Kier alpha value is -1.07. The number of nitrogens with one attached hydrogen (secondary N) is 1. The highest BCUT2D eigenvalue weighted by atomic mass is 32.2. The van der Waals surface area contributed by atoms with Crippen LogP contribution in [0.4, 0.5) is 5.69 Å². The molecular weight excluding hydrogens is 212 g/mol. The van der Waals surface area contributed by atoms with Gasteiger partial charge in [0.25, 0.3) is 0 Å². The van der Waals surface area contributed by atoms with E-state index in [1.54, 1.807) is 7.05 Å². The number of benzene rings is 1. The zero-order chi connectivity index (χ0) is 10.9. The number of fused-ring (bicyclic) bond motifs is 1. The van der Waals surface area contributed by atoms with Crippen LogP contribution in [0.15, 0.2) is 24.3 Å². The van der Waals surface area contributed by atoms with Crippen molar-refractivity contribution in [3.63, 3.8) is 0 Å². The van der Waals surface area contributed by atoms with E-state index in [0.29, 0.717) is 13.1 Å². The van der Waals surface area contributed by atoms with Crippen molar-refractivity contribution >= 4 is 15.7 Å². The number of para-hydroxylation sites is 1. The molecule has 0 atom stereocenters. The van der Waals surface area contributed by atoms with Gasteiger partial charge in [0.05, 0.1) is 5.75 Å². The molecule has 5 heteroatoms. The Balaban J connectivity index is 2.42. The molecular formula is C10H14N2O2S. The molecule has 1 aliphatic rings. The first-order valence-electron chi connectivity index (χ1n) is 4.85. The van der Waals surface area contributed by atoms with Crippen LogP contribution in [0.2, 0.25) is 0 Å². The first-order valence-corrected chi connectivity index (χ1v) is 6.46. The maximum absolute atomic E-state index is 11.8. The summed E-state index contributed by atoms with van der Waals surface area (Å²) in [6, 6.07) is 7.52. The molecule has 0 amide bonds. The average molecular weight is 226 g/mol. The monoisotopic (exact) mass is 226 g/mol. The maximum Gasteiger partial charge on any atom is 0.218 e. The summed E-state index contributed by atoms with van der Waals surface area (Å²) in [7, 11) is -1.53. The number of sulfonamides is 1. The molecule has 1 aliphatic heterocycles. The molecule has 0 aromatic heterocycles. The summed E-state index contributed by atoms with van der Waals surface area (Å²) < 4.78 is 25.0. The summed E-state index contributed by atoms with van der Waals surface area (Å²) in [6.07, 6.45) is 0. The fourth-order valence-electron chi connectivity index (χ4n) is 1.61. The van der Waals surface area contributed by atoms with Gasteiger partial charge in [-0.3, -0.25) is 0 Å².